The maximum Gasteiger partial charge on any atom is 0.336 e. The minimum atomic E-state index is -0.432. The Hall–Kier alpha value is -3.39. The molecule has 164 valence electrons. The van der Waals surface area contributed by atoms with Crippen LogP contribution in [0.4, 0.5) is 4.39 Å². The summed E-state index contributed by atoms with van der Waals surface area (Å²) in [7, 11) is 0. The molecule has 8 heteroatoms. The van der Waals surface area contributed by atoms with Crippen LogP contribution in [0.25, 0.3) is 11.0 Å². The van der Waals surface area contributed by atoms with E-state index in [9.17, 15) is 9.18 Å². The largest absolute Gasteiger partial charge is 0.483 e. The number of allylic oxidation sites excluding steroid dienone is 1. The molecule has 0 radical (unpaired) electrons. The lowest BCUT2D eigenvalue weighted by Gasteiger charge is -2.10. The van der Waals surface area contributed by atoms with Gasteiger partial charge in [-0.1, -0.05) is 49.0 Å². The van der Waals surface area contributed by atoms with Crippen LogP contribution in [0.3, 0.4) is 0 Å². The van der Waals surface area contributed by atoms with Gasteiger partial charge in [0, 0.05) is 23.8 Å². The Kier molecular flexibility index (Phi) is 6.70. The number of rotatable bonds is 9. The zero-order valence-corrected chi connectivity index (χ0v) is 18.4. The first-order valence-corrected chi connectivity index (χ1v) is 11.2. The van der Waals surface area contributed by atoms with Crippen LogP contribution >= 0.6 is 11.8 Å². The SMILES string of the molecule is C=CCn1c(COc2ccccc2F)nnc1SCc1cc(=O)oc2cc(CC)ccc12. The molecule has 0 spiro atoms. The fourth-order valence-corrected chi connectivity index (χ4v) is 4.26. The zero-order chi connectivity index (χ0) is 22.5. The molecular formula is C24H22FN3O3S. The van der Waals surface area contributed by atoms with E-state index >= 15 is 0 Å². The molecule has 0 N–H and O–H groups in total. The molecule has 32 heavy (non-hydrogen) atoms. The molecule has 0 fully saturated rings. The molecule has 0 aliphatic carbocycles. The topological polar surface area (TPSA) is 70.2 Å². The van der Waals surface area contributed by atoms with Crippen molar-refractivity contribution in [1.82, 2.24) is 14.8 Å². The predicted octanol–water partition coefficient (Wildman–Crippen LogP) is 5.14. The third-order valence-corrected chi connectivity index (χ3v) is 5.97. The van der Waals surface area contributed by atoms with Crippen LogP contribution in [0.15, 0.2) is 75.6 Å². The van der Waals surface area contributed by atoms with Gasteiger partial charge >= 0.3 is 5.63 Å². The first-order valence-electron chi connectivity index (χ1n) is 10.2. The Morgan fingerprint density at radius 2 is 2.06 bits per heavy atom. The predicted molar refractivity (Wildman–Crippen MR) is 122 cm³/mol. The molecular weight excluding hydrogens is 429 g/mol. The minimum Gasteiger partial charge on any atom is -0.483 e. The summed E-state index contributed by atoms with van der Waals surface area (Å²) in [5.74, 6) is 0.791. The molecule has 0 aliphatic rings. The molecule has 0 saturated carbocycles. The molecule has 4 aromatic rings. The van der Waals surface area contributed by atoms with E-state index in [2.05, 4.69) is 23.7 Å². The summed E-state index contributed by atoms with van der Waals surface area (Å²) in [5, 5.41) is 10.0. The minimum absolute atomic E-state index is 0.0694. The van der Waals surface area contributed by atoms with Gasteiger partial charge in [-0.15, -0.1) is 16.8 Å². The normalized spacial score (nSPS) is 11.1. The van der Waals surface area contributed by atoms with Crippen LogP contribution in [0.1, 0.15) is 23.9 Å². The molecule has 0 amide bonds. The number of aryl methyl sites for hydroxylation is 1. The highest BCUT2D eigenvalue weighted by molar-refractivity contribution is 7.98. The van der Waals surface area contributed by atoms with Crippen molar-refractivity contribution >= 4 is 22.7 Å². The van der Waals surface area contributed by atoms with E-state index in [1.807, 2.05) is 22.8 Å². The third-order valence-electron chi connectivity index (χ3n) is 4.96. The van der Waals surface area contributed by atoms with E-state index in [-0.39, 0.29) is 18.0 Å². The van der Waals surface area contributed by atoms with Crippen molar-refractivity contribution in [1.29, 1.82) is 0 Å². The summed E-state index contributed by atoms with van der Waals surface area (Å²) >= 11 is 1.45. The van der Waals surface area contributed by atoms with Crippen LogP contribution in [0.2, 0.25) is 0 Å². The maximum absolute atomic E-state index is 13.8. The van der Waals surface area contributed by atoms with Crippen molar-refractivity contribution < 1.29 is 13.5 Å². The van der Waals surface area contributed by atoms with E-state index in [1.54, 1.807) is 24.3 Å². The van der Waals surface area contributed by atoms with Gasteiger partial charge in [-0.05, 0) is 35.7 Å². The summed E-state index contributed by atoms with van der Waals surface area (Å²) in [5.41, 5.74) is 2.17. The van der Waals surface area contributed by atoms with Gasteiger partial charge in [-0.3, -0.25) is 4.57 Å². The molecule has 0 aliphatic heterocycles. The molecule has 2 aromatic heterocycles. The van der Waals surface area contributed by atoms with Crippen molar-refractivity contribution in [3.63, 3.8) is 0 Å². The van der Waals surface area contributed by atoms with Gasteiger partial charge in [-0.25, -0.2) is 9.18 Å². The van der Waals surface area contributed by atoms with Crippen molar-refractivity contribution in [2.45, 2.75) is 37.4 Å². The molecule has 0 atom stereocenters. The number of fused-ring (bicyclic) bond motifs is 1. The van der Waals surface area contributed by atoms with Crippen molar-refractivity contribution in [2.75, 3.05) is 0 Å². The van der Waals surface area contributed by atoms with Crippen molar-refractivity contribution in [3.8, 4) is 5.75 Å². The lowest BCUT2D eigenvalue weighted by molar-refractivity contribution is 0.275. The van der Waals surface area contributed by atoms with Gasteiger partial charge < -0.3 is 9.15 Å². The number of ether oxygens (including phenoxy) is 1. The van der Waals surface area contributed by atoms with Gasteiger partial charge in [0.15, 0.2) is 22.5 Å². The summed E-state index contributed by atoms with van der Waals surface area (Å²) < 4.78 is 26.7. The average Bonchev–Trinajstić information content (AvgIpc) is 3.18. The lowest BCUT2D eigenvalue weighted by atomic mass is 10.1. The fraction of sp³-hybridized carbons (Fsp3) is 0.208. The highest BCUT2D eigenvalue weighted by atomic mass is 32.2. The first kappa shape index (κ1) is 21.8. The van der Waals surface area contributed by atoms with E-state index in [0.717, 1.165) is 22.9 Å². The number of nitrogens with zero attached hydrogens (tertiary/aromatic N) is 3. The molecule has 0 bridgehead atoms. The Morgan fingerprint density at radius 1 is 1.22 bits per heavy atom. The van der Waals surface area contributed by atoms with Gasteiger partial charge in [-0.2, -0.15) is 0 Å². The average molecular weight is 452 g/mol. The molecule has 6 nitrogen and oxygen atoms in total. The standard InChI is InChI=1S/C24H22FN3O3S/c1-3-11-28-22(14-30-20-8-6-5-7-19(20)25)26-27-24(28)32-15-17-13-23(29)31-21-12-16(4-2)9-10-18(17)21/h3,5-10,12-13H,1,4,11,14-15H2,2H3. The highest BCUT2D eigenvalue weighted by Crippen LogP contribution is 2.27. The summed E-state index contributed by atoms with van der Waals surface area (Å²) in [4.78, 5) is 12.1. The fourth-order valence-electron chi connectivity index (χ4n) is 3.31. The Bertz CT molecular complexity index is 1320. The Morgan fingerprint density at radius 3 is 2.84 bits per heavy atom. The summed E-state index contributed by atoms with van der Waals surface area (Å²) in [6.45, 7) is 6.40. The monoisotopic (exact) mass is 451 g/mol. The summed E-state index contributed by atoms with van der Waals surface area (Å²) in [6, 6.07) is 13.7. The van der Waals surface area contributed by atoms with E-state index in [0.29, 0.717) is 28.9 Å². The third kappa shape index (κ3) is 4.75. The number of para-hydroxylation sites is 1. The second-order valence-corrected chi connectivity index (χ2v) is 8.02. The number of aromatic nitrogens is 3. The Balaban J connectivity index is 1.55. The van der Waals surface area contributed by atoms with Crippen LogP contribution in [0, 0.1) is 5.82 Å². The second-order valence-electron chi connectivity index (χ2n) is 7.08. The highest BCUT2D eigenvalue weighted by Gasteiger charge is 2.15. The maximum atomic E-state index is 13.8. The molecule has 0 saturated heterocycles. The molecule has 0 unspecified atom stereocenters. The van der Waals surface area contributed by atoms with E-state index in [1.165, 1.54) is 23.9 Å². The van der Waals surface area contributed by atoms with E-state index in [4.69, 9.17) is 9.15 Å². The van der Waals surface area contributed by atoms with Gasteiger partial charge in [0.05, 0.1) is 0 Å². The molecule has 2 heterocycles. The summed E-state index contributed by atoms with van der Waals surface area (Å²) in [6.07, 6.45) is 2.60. The van der Waals surface area contributed by atoms with Crippen molar-refractivity contribution in [2.24, 2.45) is 0 Å². The van der Waals surface area contributed by atoms with Gasteiger partial charge in [0.1, 0.15) is 12.2 Å². The number of thioether (sulfide) groups is 1. The van der Waals surface area contributed by atoms with Crippen molar-refractivity contribution in [3.05, 3.63) is 94.4 Å². The molecule has 2 aromatic carbocycles. The molecule has 4 rings (SSSR count). The van der Waals surface area contributed by atoms with Crippen LogP contribution < -0.4 is 10.4 Å². The zero-order valence-electron chi connectivity index (χ0n) is 17.6. The number of benzene rings is 2. The van der Waals surface area contributed by atoms with Crippen LogP contribution in [-0.4, -0.2) is 14.8 Å². The van der Waals surface area contributed by atoms with Crippen LogP contribution in [0.5, 0.6) is 5.75 Å². The quantitative estimate of drug-likeness (QED) is 0.199. The smallest absolute Gasteiger partial charge is 0.336 e. The number of halogens is 1. The van der Waals surface area contributed by atoms with Crippen LogP contribution in [-0.2, 0) is 25.3 Å². The van der Waals surface area contributed by atoms with Gasteiger partial charge in [0.2, 0.25) is 0 Å². The lowest BCUT2D eigenvalue weighted by Crippen LogP contribution is -2.08. The number of hydrogen-bond acceptors (Lipinski definition) is 6. The number of hydrogen-bond donors (Lipinski definition) is 0. The van der Waals surface area contributed by atoms with E-state index < -0.39 is 5.82 Å². The second kappa shape index (κ2) is 9.82. The first-order chi connectivity index (χ1) is 15.6. The van der Waals surface area contributed by atoms with Gasteiger partial charge in [0.25, 0.3) is 0 Å². The Labute approximate surface area is 188 Å².